The molecule has 1 aromatic rings. The maximum Gasteiger partial charge on any atom is 0.144 e. The second-order valence-corrected chi connectivity index (χ2v) is 6.34. The summed E-state index contributed by atoms with van der Waals surface area (Å²) in [6, 6.07) is 1.70. The third-order valence-electron chi connectivity index (χ3n) is 2.86. The highest BCUT2D eigenvalue weighted by Crippen LogP contribution is 2.23. The number of hydrogen-bond acceptors (Lipinski definition) is 4. The van der Waals surface area contributed by atoms with Crippen molar-refractivity contribution in [3.05, 3.63) is 22.3 Å². The lowest BCUT2D eigenvalue weighted by Crippen LogP contribution is -2.27. The smallest absolute Gasteiger partial charge is 0.144 e. The molecule has 0 aromatic carbocycles. The van der Waals surface area contributed by atoms with E-state index in [0.29, 0.717) is 15.9 Å². The van der Waals surface area contributed by atoms with E-state index >= 15 is 0 Å². The fourth-order valence-electron chi connectivity index (χ4n) is 1.86. The second-order valence-electron chi connectivity index (χ2n) is 4.34. The molecule has 2 N–H and O–H groups in total. The molecule has 2 rings (SSSR count). The average Bonchev–Trinajstić information content (AvgIpc) is 2.84. The van der Waals surface area contributed by atoms with Crippen LogP contribution in [-0.2, 0) is 0 Å². The van der Waals surface area contributed by atoms with E-state index in [1.54, 1.807) is 12.3 Å². The van der Waals surface area contributed by atoms with Crippen LogP contribution in [0, 0.1) is 5.92 Å². The van der Waals surface area contributed by atoms with Gasteiger partial charge < -0.3 is 10.6 Å². The molecule has 18 heavy (non-hydrogen) atoms. The number of hydrogen-bond donors (Lipinski definition) is 2. The Morgan fingerprint density at radius 3 is 3.00 bits per heavy atom. The molecule has 6 heteroatoms. The first-order chi connectivity index (χ1) is 8.75. The van der Waals surface area contributed by atoms with E-state index < -0.39 is 0 Å². The zero-order chi connectivity index (χ0) is 12.8. The zero-order valence-corrected chi connectivity index (χ0v) is 12.4. The summed E-state index contributed by atoms with van der Waals surface area (Å²) >= 11 is 13.8. The molecule has 1 aromatic heterocycles. The maximum absolute atomic E-state index is 6.01. The number of nitrogens with zero attached hydrogens (tertiary/aromatic N) is 1. The molecule has 1 atom stereocenters. The first-order valence-corrected chi connectivity index (χ1v) is 8.00. The van der Waals surface area contributed by atoms with Gasteiger partial charge in [-0.2, -0.15) is 11.8 Å². The minimum Gasteiger partial charge on any atom is -0.368 e. The Hall–Kier alpha value is -0.160. The van der Waals surface area contributed by atoms with Crippen LogP contribution < -0.4 is 10.6 Å². The number of pyridine rings is 1. The van der Waals surface area contributed by atoms with Gasteiger partial charge in [0.15, 0.2) is 0 Å². The topological polar surface area (TPSA) is 37.0 Å². The third-order valence-corrected chi connectivity index (χ3v) is 4.59. The van der Waals surface area contributed by atoms with Gasteiger partial charge >= 0.3 is 0 Å². The Morgan fingerprint density at radius 1 is 1.39 bits per heavy atom. The van der Waals surface area contributed by atoms with Crippen molar-refractivity contribution in [2.45, 2.75) is 6.42 Å². The summed E-state index contributed by atoms with van der Waals surface area (Å²) in [6.07, 6.45) is 2.94. The monoisotopic (exact) mass is 305 g/mol. The minimum absolute atomic E-state index is 0.558. The van der Waals surface area contributed by atoms with Crippen molar-refractivity contribution in [2.75, 3.05) is 36.5 Å². The van der Waals surface area contributed by atoms with Gasteiger partial charge in [0.2, 0.25) is 0 Å². The second kappa shape index (κ2) is 7.43. The van der Waals surface area contributed by atoms with E-state index in [2.05, 4.69) is 27.4 Å². The molecule has 0 radical (unpaired) electrons. The predicted molar refractivity (Wildman–Crippen MR) is 81.0 cm³/mol. The molecule has 0 aliphatic carbocycles. The van der Waals surface area contributed by atoms with Gasteiger partial charge in [-0.05, 0) is 36.5 Å². The molecule has 1 aliphatic heterocycles. The van der Waals surface area contributed by atoms with Gasteiger partial charge in [-0.15, -0.1) is 0 Å². The van der Waals surface area contributed by atoms with Gasteiger partial charge in [0.25, 0.3) is 0 Å². The summed E-state index contributed by atoms with van der Waals surface area (Å²) in [6.45, 7) is 2.84. The van der Waals surface area contributed by atoms with Gasteiger partial charge in [0.05, 0.1) is 10.0 Å². The number of thioether (sulfide) groups is 1. The zero-order valence-electron chi connectivity index (χ0n) is 10.1. The first kappa shape index (κ1) is 14.3. The van der Waals surface area contributed by atoms with Crippen LogP contribution in [0.3, 0.4) is 0 Å². The minimum atomic E-state index is 0.558. The standard InChI is InChI=1S/C12H17Cl2N3S/c13-10-5-11(14)12(17-7-10)16-3-2-15-6-9-1-4-18-8-9/h5,7,9,15H,1-4,6,8H2,(H,16,17)/t9-/m1/s1. The van der Waals surface area contributed by atoms with Crippen molar-refractivity contribution in [3.8, 4) is 0 Å². The molecule has 1 fully saturated rings. The highest BCUT2D eigenvalue weighted by Gasteiger charge is 2.14. The fourth-order valence-corrected chi connectivity index (χ4v) is 3.60. The van der Waals surface area contributed by atoms with Crippen molar-refractivity contribution in [1.29, 1.82) is 0 Å². The Kier molecular flexibility index (Phi) is 5.89. The van der Waals surface area contributed by atoms with Gasteiger partial charge in [-0.3, -0.25) is 0 Å². The van der Waals surface area contributed by atoms with Crippen molar-refractivity contribution in [1.82, 2.24) is 10.3 Å². The molecule has 1 saturated heterocycles. The van der Waals surface area contributed by atoms with Crippen molar-refractivity contribution in [3.63, 3.8) is 0 Å². The largest absolute Gasteiger partial charge is 0.368 e. The Balaban J connectivity index is 1.62. The van der Waals surface area contributed by atoms with Crippen LogP contribution in [0.2, 0.25) is 10.0 Å². The predicted octanol–water partition coefficient (Wildman–Crippen LogP) is 3.14. The third kappa shape index (κ3) is 4.50. The molecule has 0 unspecified atom stereocenters. The van der Waals surface area contributed by atoms with Crippen LogP contribution in [0.4, 0.5) is 5.82 Å². The van der Waals surface area contributed by atoms with Crippen molar-refractivity contribution < 1.29 is 0 Å². The number of anilines is 1. The van der Waals surface area contributed by atoms with Gasteiger partial charge in [-0.1, -0.05) is 23.2 Å². The first-order valence-electron chi connectivity index (χ1n) is 6.09. The Morgan fingerprint density at radius 2 is 2.28 bits per heavy atom. The van der Waals surface area contributed by atoms with E-state index in [9.17, 15) is 0 Å². The summed E-state index contributed by atoms with van der Waals surface area (Å²) in [4.78, 5) is 4.15. The van der Waals surface area contributed by atoms with Gasteiger partial charge in [0.1, 0.15) is 5.82 Å². The normalized spacial score (nSPS) is 19.1. The van der Waals surface area contributed by atoms with Crippen LogP contribution in [0.1, 0.15) is 6.42 Å². The quantitative estimate of drug-likeness (QED) is 0.792. The molecule has 0 amide bonds. The van der Waals surface area contributed by atoms with E-state index in [-0.39, 0.29) is 0 Å². The molecule has 2 heterocycles. The molecular weight excluding hydrogens is 289 g/mol. The summed E-state index contributed by atoms with van der Waals surface area (Å²) < 4.78 is 0. The number of aromatic nitrogens is 1. The Labute approximate surface area is 122 Å². The number of nitrogens with one attached hydrogen (secondary N) is 2. The lowest BCUT2D eigenvalue weighted by molar-refractivity contribution is 0.531. The molecular formula is C12H17Cl2N3S. The Bertz CT molecular complexity index is 384. The molecule has 3 nitrogen and oxygen atoms in total. The molecule has 0 spiro atoms. The number of halogens is 2. The van der Waals surface area contributed by atoms with E-state index in [4.69, 9.17) is 23.2 Å². The van der Waals surface area contributed by atoms with Crippen molar-refractivity contribution in [2.24, 2.45) is 5.92 Å². The summed E-state index contributed by atoms with van der Waals surface area (Å²) in [5.41, 5.74) is 0. The van der Waals surface area contributed by atoms with E-state index in [1.165, 1.54) is 17.9 Å². The van der Waals surface area contributed by atoms with E-state index in [0.717, 1.165) is 25.6 Å². The SMILES string of the molecule is Clc1cnc(NCCNC[C@H]2CCSC2)c(Cl)c1. The van der Waals surface area contributed by atoms with Gasteiger partial charge in [-0.25, -0.2) is 4.98 Å². The van der Waals surface area contributed by atoms with Crippen LogP contribution >= 0.6 is 35.0 Å². The highest BCUT2D eigenvalue weighted by atomic mass is 35.5. The summed E-state index contributed by atoms with van der Waals surface area (Å²) in [7, 11) is 0. The van der Waals surface area contributed by atoms with Crippen molar-refractivity contribution >= 4 is 40.8 Å². The average molecular weight is 306 g/mol. The highest BCUT2D eigenvalue weighted by molar-refractivity contribution is 7.99. The molecule has 0 bridgehead atoms. The summed E-state index contributed by atoms with van der Waals surface area (Å²) in [5, 5.41) is 7.77. The molecule has 1 aliphatic rings. The lowest BCUT2D eigenvalue weighted by Gasteiger charge is -2.11. The van der Waals surface area contributed by atoms with Gasteiger partial charge in [0, 0.05) is 19.3 Å². The van der Waals surface area contributed by atoms with Crippen LogP contribution in [0.5, 0.6) is 0 Å². The molecule has 0 saturated carbocycles. The number of rotatable bonds is 6. The van der Waals surface area contributed by atoms with Crippen LogP contribution in [-0.4, -0.2) is 36.1 Å². The summed E-state index contributed by atoms with van der Waals surface area (Å²) in [5.74, 6) is 4.14. The van der Waals surface area contributed by atoms with Crippen LogP contribution in [0.15, 0.2) is 12.3 Å². The lowest BCUT2D eigenvalue weighted by atomic mass is 10.1. The van der Waals surface area contributed by atoms with Crippen LogP contribution in [0.25, 0.3) is 0 Å². The van der Waals surface area contributed by atoms with E-state index in [1.807, 2.05) is 0 Å². The molecule has 100 valence electrons. The fraction of sp³-hybridized carbons (Fsp3) is 0.583. The maximum atomic E-state index is 6.01.